The lowest BCUT2D eigenvalue weighted by Gasteiger charge is -2.21. The van der Waals surface area contributed by atoms with Gasteiger partial charge in [-0.2, -0.15) is 0 Å². The Balaban J connectivity index is 1.62. The molecule has 1 atom stereocenters. The number of carbonyl (C=O) groups is 3. The Morgan fingerprint density at radius 1 is 0.912 bits per heavy atom. The van der Waals surface area contributed by atoms with Crippen LogP contribution in [0.15, 0.2) is 66.7 Å². The van der Waals surface area contributed by atoms with Crippen LogP contribution in [-0.4, -0.2) is 28.8 Å². The highest BCUT2D eigenvalue weighted by atomic mass is 127. The SMILES string of the molecule is O=C(C[C@@H]1C(=O)N(c2ccc(Cl)c(Cl)c2)C(=O)N1Cc1ccc(Cl)cc1)Nc1ccc(I)cc1. The van der Waals surface area contributed by atoms with Crippen LogP contribution in [0.4, 0.5) is 16.2 Å². The molecular weight excluding hydrogens is 612 g/mol. The standard InChI is InChI=1S/C24H17Cl3IN3O3/c25-15-3-1-14(2-4-15)13-30-21(12-22(32)29-17-7-5-16(28)6-8-17)23(33)31(24(30)34)18-9-10-19(26)20(27)11-18/h1-11,21H,12-13H2,(H,29,32)/t21-/m1/s1. The molecule has 1 aliphatic rings. The molecule has 1 heterocycles. The zero-order chi connectivity index (χ0) is 24.4. The Morgan fingerprint density at radius 3 is 2.24 bits per heavy atom. The Kier molecular flexibility index (Phi) is 7.67. The fourth-order valence-corrected chi connectivity index (χ4v) is 4.36. The molecule has 1 aliphatic heterocycles. The second-order valence-electron chi connectivity index (χ2n) is 7.58. The van der Waals surface area contributed by atoms with Crippen molar-refractivity contribution in [3.8, 4) is 0 Å². The molecule has 0 unspecified atom stereocenters. The van der Waals surface area contributed by atoms with Gasteiger partial charge in [0, 0.05) is 20.8 Å². The monoisotopic (exact) mass is 627 g/mol. The highest BCUT2D eigenvalue weighted by molar-refractivity contribution is 14.1. The van der Waals surface area contributed by atoms with E-state index in [0.717, 1.165) is 14.0 Å². The van der Waals surface area contributed by atoms with Crippen LogP contribution in [0.2, 0.25) is 15.1 Å². The average molecular weight is 629 g/mol. The van der Waals surface area contributed by atoms with Gasteiger partial charge < -0.3 is 10.2 Å². The fourth-order valence-electron chi connectivity index (χ4n) is 3.58. The summed E-state index contributed by atoms with van der Waals surface area (Å²) < 4.78 is 1.03. The minimum atomic E-state index is -0.999. The highest BCUT2D eigenvalue weighted by Gasteiger charge is 2.46. The van der Waals surface area contributed by atoms with E-state index in [9.17, 15) is 14.4 Å². The summed E-state index contributed by atoms with van der Waals surface area (Å²) in [5.41, 5.74) is 1.66. The number of hydrogen-bond donors (Lipinski definition) is 1. The molecule has 4 rings (SSSR count). The summed E-state index contributed by atoms with van der Waals surface area (Å²) in [5.74, 6) is -0.903. The zero-order valence-electron chi connectivity index (χ0n) is 17.5. The van der Waals surface area contributed by atoms with Gasteiger partial charge in [0.25, 0.3) is 5.91 Å². The van der Waals surface area contributed by atoms with Gasteiger partial charge in [-0.05, 0) is 82.8 Å². The third kappa shape index (κ3) is 5.49. The maximum absolute atomic E-state index is 13.4. The molecular formula is C24H17Cl3IN3O3. The number of imide groups is 1. The Bertz CT molecular complexity index is 1250. The minimum absolute atomic E-state index is 0.126. The van der Waals surface area contributed by atoms with E-state index in [1.807, 2.05) is 12.1 Å². The van der Waals surface area contributed by atoms with Gasteiger partial charge in [-0.1, -0.05) is 46.9 Å². The first kappa shape index (κ1) is 24.8. The summed E-state index contributed by atoms with van der Waals surface area (Å²) >= 11 is 20.3. The van der Waals surface area contributed by atoms with Gasteiger partial charge in [-0.3, -0.25) is 9.59 Å². The van der Waals surface area contributed by atoms with Crippen molar-refractivity contribution in [1.82, 2.24) is 4.90 Å². The Hall–Kier alpha value is -2.33. The van der Waals surface area contributed by atoms with E-state index in [1.165, 1.54) is 17.0 Å². The average Bonchev–Trinajstić information content (AvgIpc) is 3.02. The first-order valence-electron chi connectivity index (χ1n) is 10.1. The summed E-state index contributed by atoms with van der Waals surface area (Å²) in [4.78, 5) is 42.0. The van der Waals surface area contributed by atoms with Crippen molar-refractivity contribution in [2.45, 2.75) is 19.0 Å². The van der Waals surface area contributed by atoms with Crippen LogP contribution >= 0.6 is 57.4 Å². The number of benzene rings is 3. The number of anilines is 2. The first-order chi connectivity index (χ1) is 16.2. The maximum atomic E-state index is 13.4. The molecule has 1 saturated heterocycles. The van der Waals surface area contributed by atoms with Gasteiger partial charge in [-0.15, -0.1) is 0 Å². The van der Waals surface area contributed by atoms with E-state index in [-0.39, 0.29) is 29.6 Å². The number of nitrogens with one attached hydrogen (secondary N) is 1. The predicted octanol–water partition coefficient (Wildman–Crippen LogP) is 6.62. The van der Waals surface area contributed by atoms with E-state index < -0.39 is 18.0 Å². The van der Waals surface area contributed by atoms with Crippen LogP contribution in [0.3, 0.4) is 0 Å². The third-order valence-corrected chi connectivity index (χ3v) is 6.96. The molecule has 1 N–H and O–H groups in total. The molecule has 6 nitrogen and oxygen atoms in total. The second-order valence-corrected chi connectivity index (χ2v) is 10.1. The summed E-state index contributed by atoms with van der Waals surface area (Å²) in [6.07, 6.45) is -0.206. The lowest BCUT2D eigenvalue weighted by molar-refractivity contribution is -0.124. The summed E-state index contributed by atoms with van der Waals surface area (Å²) in [7, 11) is 0. The van der Waals surface area contributed by atoms with Gasteiger partial charge >= 0.3 is 6.03 Å². The van der Waals surface area contributed by atoms with Crippen LogP contribution in [0.1, 0.15) is 12.0 Å². The molecule has 0 radical (unpaired) electrons. The Labute approximate surface area is 224 Å². The molecule has 0 bridgehead atoms. The van der Waals surface area contributed by atoms with Crippen LogP contribution < -0.4 is 10.2 Å². The molecule has 34 heavy (non-hydrogen) atoms. The molecule has 0 aromatic heterocycles. The third-order valence-electron chi connectivity index (χ3n) is 5.25. The van der Waals surface area contributed by atoms with Gasteiger partial charge in [0.1, 0.15) is 6.04 Å². The molecule has 4 amide bonds. The van der Waals surface area contributed by atoms with Crippen molar-refractivity contribution in [3.05, 3.63) is 90.9 Å². The molecule has 0 aliphatic carbocycles. The van der Waals surface area contributed by atoms with E-state index >= 15 is 0 Å². The van der Waals surface area contributed by atoms with Crippen molar-refractivity contribution in [2.75, 3.05) is 10.2 Å². The number of nitrogens with zero attached hydrogens (tertiary/aromatic N) is 2. The molecule has 10 heteroatoms. The van der Waals surface area contributed by atoms with Crippen molar-refractivity contribution < 1.29 is 14.4 Å². The van der Waals surface area contributed by atoms with Gasteiger partial charge in [-0.25, -0.2) is 9.69 Å². The first-order valence-corrected chi connectivity index (χ1v) is 12.3. The predicted molar refractivity (Wildman–Crippen MR) is 143 cm³/mol. The summed E-state index contributed by atoms with van der Waals surface area (Å²) in [5, 5.41) is 3.86. The van der Waals surface area contributed by atoms with E-state index in [1.54, 1.807) is 42.5 Å². The molecule has 0 spiro atoms. The molecule has 3 aromatic carbocycles. The Morgan fingerprint density at radius 2 is 1.59 bits per heavy atom. The topological polar surface area (TPSA) is 69.7 Å². The largest absolute Gasteiger partial charge is 0.332 e. The number of amides is 4. The van der Waals surface area contributed by atoms with E-state index in [0.29, 0.717) is 15.7 Å². The highest BCUT2D eigenvalue weighted by Crippen LogP contribution is 2.33. The van der Waals surface area contributed by atoms with Gasteiger partial charge in [0.2, 0.25) is 5.91 Å². The minimum Gasteiger partial charge on any atom is -0.326 e. The van der Waals surface area contributed by atoms with E-state index in [4.69, 9.17) is 34.8 Å². The number of carbonyl (C=O) groups excluding carboxylic acids is 3. The van der Waals surface area contributed by atoms with Crippen LogP contribution in [-0.2, 0) is 16.1 Å². The van der Waals surface area contributed by atoms with E-state index in [2.05, 4.69) is 27.9 Å². The van der Waals surface area contributed by atoms with Crippen molar-refractivity contribution in [3.63, 3.8) is 0 Å². The van der Waals surface area contributed by atoms with Gasteiger partial charge in [0.05, 0.1) is 22.2 Å². The molecule has 174 valence electrons. The van der Waals surface area contributed by atoms with Crippen LogP contribution in [0.5, 0.6) is 0 Å². The summed E-state index contributed by atoms with van der Waals surface area (Å²) in [6, 6.07) is 17.2. The van der Waals surface area contributed by atoms with Crippen LogP contribution in [0, 0.1) is 3.57 Å². The van der Waals surface area contributed by atoms with Crippen molar-refractivity contribution in [2.24, 2.45) is 0 Å². The van der Waals surface area contributed by atoms with Crippen molar-refractivity contribution >= 4 is 86.6 Å². The normalized spacial score (nSPS) is 15.7. The number of urea groups is 1. The number of halogens is 4. The lowest BCUT2D eigenvalue weighted by atomic mass is 10.1. The van der Waals surface area contributed by atoms with Gasteiger partial charge in [0.15, 0.2) is 0 Å². The summed E-state index contributed by atoms with van der Waals surface area (Å²) in [6.45, 7) is 0.126. The second kappa shape index (κ2) is 10.5. The molecule has 1 fully saturated rings. The fraction of sp³-hybridized carbons (Fsp3) is 0.125. The molecule has 3 aromatic rings. The smallest absolute Gasteiger partial charge is 0.326 e. The number of hydrogen-bond acceptors (Lipinski definition) is 3. The zero-order valence-corrected chi connectivity index (χ0v) is 21.9. The van der Waals surface area contributed by atoms with Crippen LogP contribution in [0.25, 0.3) is 0 Å². The maximum Gasteiger partial charge on any atom is 0.332 e. The molecule has 0 saturated carbocycles. The lowest BCUT2D eigenvalue weighted by Crippen LogP contribution is -2.37. The number of rotatable bonds is 6. The van der Waals surface area contributed by atoms with Crippen molar-refractivity contribution in [1.29, 1.82) is 0 Å². The quantitative estimate of drug-likeness (QED) is 0.247.